The van der Waals surface area contributed by atoms with Gasteiger partial charge in [-0.25, -0.2) is 0 Å². The second-order valence-corrected chi connectivity index (χ2v) is 13.2. The van der Waals surface area contributed by atoms with Crippen molar-refractivity contribution in [2.75, 3.05) is 4.90 Å². The number of allylic oxidation sites excluding steroid dienone is 2. The van der Waals surface area contributed by atoms with Gasteiger partial charge in [0.05, 0.1) is 5.69 Å². The Kier molecular flexibility index (Phi) is 6.60. The van der Waals surface area contributed by atoms with Crippen LogP contribution in [0, 0.1) is 0 Å². The zero-order chi connectivity index (χ0) is 33.0. The van der Waals surface area contributed by atoms with E-state index in [9.17, 15) is 0 Å². The number of hydrogen-bond acceptors (Lipinski definition) is 1. The third kappa shape index (κ3) is 4.61. The molecule has 0 bridgehead atoms. The Labute approximate surface area is 292 Å². The maximum Gasteiger partial charge on any atom is 0.235 e. The van der Waals surface area contributed by atoms with Crippen LogP contribution in [0.1, 0.15) is 11.1 Å². The van der Waals surface area contributed by atoms with Gasteiger partial charge < -0.3 is 4.90 Å². The average Bonchev–Trinajstić information content (AvgIpc) is 3.53. The highest BCUT2D eigenvalue weighted by atomic mass is 15.3. The highest BCUT2D eigenvalue weighted by molar-refractivity contribution is 6.25. The molecule has 1 unspecified atom stereocenters. The van der Waals surface area contributed by atoms with Crippen LogP contribution in [-0.4, -0.2) is 11.8 Å². The minimum Gasteiger partial charge on any atom is -0.318 e. The van der Waals surface area contributed by atoms with Crippen molar-refractivity contribution in [1.82, 2.24) is 4.58 Å². The molecule has 1 atom stereocenters. The molecule has 3 aliphatic rings. The summed E-state index contributed by atoms with van der Waals surface area (Å²) in [5.41, 5.74) is 18.4. The molecule has 0 N–H and O–H groups in total. The van der Waals surface area contributed by atoms with Crippen LogP contribution in [0.25, 0.3) is 44.5 Å². The molecular formula is C48H33N2+. The maximum atomic E-state index is 2.57. The fourth-order valence-electron chi connectivity index (χ4n) is 7.94. The van der Waals surface area contributed by atoms with Crippen LogP contribution >= 0.6 is 0 Å². The van der Waals surface area contributed by atoms with E-state index in [4.69, 9.17) is 0 Å². The fourth-order valence-corrected chi connectivity index (χ4v) is 7.94. The van der Waals surface area contributed by atoms with Crippen molar-refractivity contribution in [3.63, 3.8) is 0 Å². The van der Waals surface area contributed by atoms with Gasteiger partial charge in [0.2, 0.25) is 17.1 Å². The average molecular weight is 638 g/mol. The molecule has 0 amide bonds. The Hall–Kier alpha value is -6.51. The molecule has 234 valence electrons. The van der Waals surface area contributed by atoms with Gasteiger partial charge in [0.1, 0.15) is 11.7 Å². The van der Waals surface area contributed by atoms with Gasteiger partial charge in [-0.2, -0.15) is 4.58 Å². The Bertz CT molecular complexity index is 2490. The highest BCUT2D eigenvalue weighted by Gasteiger charge is 2.49. The van der Waals surface area contributed by atoms with E-state index in [1.165, 1.54) is 78.4 Å². The van der Waals surface area contributed by atoms with Gasteiger partial charge in [-0.15, -0.1) is 0 Å². The first-order chi connectivity index (χ1) is 24.8. The molecule has 2 heterocycles. The number of nitrogens with zero attached hydrogens (tertiary/aromatic N) is 2. The quantitative estimate of drug-likeness (QED) is 0.170. The number of rotatable bonds is 5. The molecule has 2 aliphatic heterocycles. The Morgan fingerprint density at radius 3 is 1.48 bits per heavy atom. The topological polar surface area (TPSA) is 6.25 Å². The lowest BCUT2D eigenvalue weighted by Crippen LogP contribution is -2.43. The number of benzene rings is 7. The summed E-state index contributed by atoms with van der Waals surface area (Å²) in [7, 11) is 0. The molecule has 1 aliphatic carbocycles. The van der Waals surface area contributed by atoms with Crippen molar-refractivity contribution in [1.29, 1.82) is 0 Å². The van der Waals surface area contributed by atoms with Crippen molar-refractivity contribution in [2.45, 2.75) is 6.04 Å². The Morgan fingerprint density at radius 1 is 0.400 bits per heavy atom. The maximum absolute atomic E-state index is 2.57. The van der Waals surface area contributed by atoms with E-state index >= 15 is 0 Å². The summed E-state index contributed by atoms with van der Waals surface area (Å²) in [6.07, 6.45) is 4.85. The van der Waals surface area contributed by atoms with E-state index in [1.54, 1.807) is 0 Å². The van der Waals surface area contributed by atoms with Crippen molar-refractivity contribution in [2.24, 2.45) is 0 Å². The highest BCUT2D eigenvalue weighted by Crippen LogP contribution is 2.54. The predicted octanol–water partition coefficient (Wildman–Crippen LogP) is 12.0. The number of fused-ring (bicyclic) bond motifs is 5. The van der Waals surface area contributed by atoms with E-state index < -0.39 is 0 Å². The molecule has 0 spiro atoms. The second kappa shape index (κ2) is 11.6. The predicted molar refractivity (Wildman–Crippen MR) is 210 cm³/mol. The molecule has 2 heteroatoms. The molecule has 10 rings (SSSR count). The monoisotopic (exact) mass is 637 g/mol. The Balaban J connectivity index is 1.25. The van der Waals surface area contributed by atoms with Crippen LogP contribution in [0.3, 0.4) is 0 Å². The number of hydrogen-bond donors (Lipinski definition) is 0. The Morgan fingerprint density at radius 2 is 0.880 bits per heavy atom. The summed E-state index contributed by atoms with van der Waals surface area (Å²) in [6.45, 7) is 0. The first-order valence-electron chi connectivity index (χ1n) is 17.3. The summed E-state index contributed by atoms with van der Waals surface area (Å²) in [6, 6.07) is 66.0. The first-order valence-corrected chi connectivity index (χ1v) is 17.3. The second-order valence-electron chi connectivity index (χ2n) is 13.2. The lowest BCUT2D eigenvalue weighted by Gasteiger charge is -2.33. The molecule has 0 fully saturated rings. The summed E-state index contributed by atoms with van der Waals surface area (Å²) in [4.78, 5) is 2.57. The van der Waals surface area contributed by atoms with Gasteiger partial charge in [0, 0.05) is 29.8 Å². The van der Waals surface area contributed by atoms with E-state index in [0.717, 1.165) is 5.69 Å². The van der Waals surface area contributed by atoms with E-state index in [0.29, 0.717) is 0 Å². The lowest BCUT2D eigenvalue weighted by molar-refractivity contribution is 0.932. The summed E-state index contributed by atoms with van der Waals surface area (Å²) >= 11 is 0. The zero-order valence-corrected chi connectivity index (χ0v) is 27.4. The molecule has 50 heavy (non-hydrogen) atoms. The molecule has 2 nitrogen and oxygen atoms in total. The van der Waals surface area contributed by atoms with Crippen LogP contribution in [0.15, 0.2) is 194 Å². The van der Waals surface area contributed by atoms with Crippen LogP contribution in [0.4, 0.5) is 22.7 Å². The lowest BCUT2D eigenvalue weighted by atomic mass is 9.86. The normalized spacial score (nSPS) is 15.5. The van der Waals surface area contributed by atoms with E-state index in [-0.39, 0.29) is 6.04 Å². The molecule has 0 aromatic heterocycles. The van der Waals surface area contributed by atoms with Gasteiger partial charge in [-0.3, -0.25) is 0 Å². The van der Waals surface area contributed by atoms with Crippen LogP contribution in [0.2, 0.25) is 0 Å². The van der Waals surface area contributed by atoms with Gasteiger partial charge in [0.15, 0.2) is 0 Å². The van der Waals surface area contributed by atoms with Gasteiger partial charge in [-0.05, 0) is 86.5 Å². The van der Waals surface area contributed by atoms with E-state index in [2.05, 4.69) is 204 Å². The van der Waals surface area contributed by atoms with Crippen LogP contribution in [-0.2, 0) is 0 Å². The van der Waals surface area contributed by atoms with E-state index in [1.807, 2.05) is 0 Å². The summed E-state index contributed by atoms with van der Waals surface area (Å²) in [5.74, 6) is 0. The van der Waals surface area contributed by atoms with Gasteiger partial charge >= 0.3 is 0 Å². The number of anilines is 2. The van der Waals surface area contributed by atoms with Gasteiger partial charge in [0.25, 0.3) is 0 Å². The molecule has 0 saturated carbocycles. The first kappa shape index (κ1) is 28.5. The molecule has 0 saturated heterocycles. The standard InChI is InChI=1S/C48H33N2/c1-5-13-33(14-6-1)37-21-25-41(26-22-37)49-46-31-39(35-17-9-3-10-18-35)24-28-45(46)50-44-27-23-38(34-15-7-2-8-16-34)29-42(44)43-30-40(32-47(49)48(43)50)36-19-11-4-12-20-36/h1-32,48H/q+1. The third-order valence-corrected chi connectivity index (χ3v) is 10.3. The minimum atomic E-state index is 0.0346. The zero-order valence-electron chi connectivity index (χ0n) is 27.4. The minimum absolute atomic E-state index is 0.0346. The molecular weight excluding hydrogens is 605 g/mol. The largest absolute Gasteiger partial charge is 0.318 e. The smallest absolute Gasteiger partial charge is 0.235 e. The SMILES string of the molecule is C1=C(c2ccccc2)C=C2c3cc(-c4ccccc4)ccc3N3c4ccc(-c5ccccc5)cc4[N+](c4ccc(-c5ccccc5)cc4)=C1C23. The molecule has 0 radical (unpaired) electrons. The molecule has 7 aromatic carbocycles. The van der Waals surface area contributed by atoms with Crippen LogP contribution < -0.4 is 9.48 Å². The van der Waals surface area contributed by atoms with Crippen molar-refractivity contribution < 1.29 is 0 Å². The third-order valence-electron chi connectivity index (χ3n) is 10.3. The van der Waals surface area contributed by atoms with Crippen molar-refractivity contribution >= 4 is 39.6 Å². The van der Waals surface area contributed by atoms with Crippen LogP contribution in [0.5, 0.6) is 0 Å². The van der Waals surface area contributed by atoms with Crippen molar-refractivity contribution in [3.8, 4) is 33.4 Å². The summed E-state index contributed by atoms with van der Waals surface area (Å²) < 4.78 is 2.51. The fraction of sp³-hybridized carbons (Fsp3) is 0.0208. The van der Waals surface area contributed by atoms with Crippen molar-refractivity contribution in [3.05, 3.63) is 205 Å². The molecule has 7 aromatic rings. The van der Waals surface area contributed by atoms with Gasteiger partial charge in [-0.1, -0.05) is 133 Å². The summed E-state index contributed by atoms with van der Waals surface area (Å²) in [5, 5.41) is 0.